The van der Waals surface area contributed by atoms with E-state index in [9.17, 15) is 14.4 Å². The molecule has 6 nitrogen and oxygen atoms in total. The average molecular weight is 1120 g/mol. The van der Waals surface area contributed by atoms with Crippen LogP contribution in [-0.4, -0.2) is 37.2 Å². The average Bonchev–Trinajstić information content (AvgIpc) is 3.47. The van der Waals surface area contributed by atoms with Crippen LogP contribution >= 0.6 is 0 Å². The first-order chi connectivity index (χ1) is 40.0. The molecule has 0 aromatic heterocycles. The minimum atomic E-state index is -0.826. The molecule has 1 unspecified atom stereocenters. The predicted octanol–water partition coefficient (Wildman–Crippen LogP) is 23.6. The third-order valence-corrected chi connectivity index (χ3v) is 14.5. The van der Waals surface area contributed by atoms with Crippen molar-refractivity contribution < 1.29 is 28.6 Å². The lowest BCUT2D eigenvalue weighted by molar-refractivity contribution is -0.166. The van der Waals surface area contributed by atoms with Crippen molar-refractivity contribution in [1.29, 1.82) is 0 Å². The molecule has 0 saturated heterocycles. The Kier molecular flexibility index (Phi) is 64.8. The Morgan fingerprint density at radius 1 is 0.272 bits per heavy atom. The van der Waals surface area contributed by atoms with E-state index in [2.05, 4.69) is 130 Å². The van der Waals surface area contributed by atoms with Crippen LogP contribution in [0.3, 0.4) is 0 Å². The highest BCUT2D eigenvalue weighted by atomic mass is 16.6. The zero-order chi connectivity index (χ0) is 58.5. The zero-order valence-corrected chi connectivity index (χ0v) is 53.0. The van der Waals surface area contributed by atoms with Crippen LogP contribution in [0.25, 0.3) is 0 Å². The summed E-state index contributed by atoms with van der Waals surface area (Å²) in [6, 6.07) is 0. The second-order valence-corrected chi connectivity index (χ2v) is 22.4. The van der Waals surface area contributed by atoms with Gasteiger partial charge in [0.25, 0.3) is 0 Å². The number of esters is 3. The van der Waals surface area contributed by atoms with Gasteiger partial charge in [-0.3, -0.25) is 14.4 Å². The van der Waals surface area contributed by atoms with Gasteiger partial charge in [0.2, 0.25) is 0 Å². The minimum absolute atomic E-state index is 0.112. The van der Waals surface area contributed by atoms with Gasteiger partial charge in [-0.25, -0.2) is 0 Å². The fourth-order valence-corrected chi connectivity index (χ4v) is 9.38. The number of allylic oxidation sites excluding steroid dienone is 19. The van der Waals surface area contributed by atoms with Crippen LogP contribution in [0.5, 0.6) is 0 Å². The molecule has 462 valence electrons. The van der Waals surface area contributed by atoms with E-state index in [1.165, 1.54) is 186 Å². The van der Waals surface area contributed by atoms with Crippen LogP contribution in [0.4, 0.5) is 0 Å². The molecule has 0 spiro atoms. The lowest BCUT2D eigenvalue weighted by atomic mass is 10.0. The molecular formula is C75H126O6. The fourth-order valence-electron chi connectivity index (χ4n) is 9.38. The Morgan fingerprint density at radius 3 is 0.864 bits per heavy atom. The molecular weight excluding hydrogens is 997 g/mol. The standard InChI is InChI=1S/C75H126O6/c1-4-7-10-13-16-19-22-25-28-30-32-34-36-37-39-40-42-44-47-50-53-56-59-62-65-68-74(77)80-71-72(70-79-73(76)67-64-61-58-55-52-49-46-27-24-21-18-15-12-9-6-3)81-75(78)69-66-63-60-57-54-51-48-45-43-41-38-35-33-31-29-26-23-20-17-14-11-8-5-2/h9,12,18,21-23,25-27,30-33,36-37,46,52,55,61,64,72H,4-8,10-11,13-17,19-20,24,28-29,34-35,38-45,47-51,53-54,56-60,62-63,65-71H2,1-3H3/b12-9-,21-18-,25-22-,26-23-,32-30-,33-31-,37-36-,46-27-,55-52-,64-61-. The van der Waals surface area contributed by atoms with Crippen LogP contribution in [0, 0.1) is 0 Å². The molecule has 0 fully saturated rings. The molecule has 0 aliphatic rings. The summed E-state index contributed by atoms with van der Waals surface area (Å²) in [6.07, 6.45) is 95.3. The number of hydrogen-bond acceptors (Lipinski definition) is 6. The fraction of sp³-hybridized carbons (Fsp3) is 0.693. The molecule has 0 bridgehead atoms. The second kappa shape index (κ2) is 68.3. The van der Waals surface area contributed by atoms with Crippen molar-refractivity contribution in [2.24, 2.45) is 0 Å². The summed E-state index contributed by atoms with van der Waals surface area (Å²) in [4.78, 5) is 38.3. The van der Waals surface area contributed by atoms with Gasteiger partial charge in [-0.1, -0.05) is 303 Å². The topological polar surface area (TPSA) is 78.9 Å². The molecule has 0 aliphatic heterocycles. The zero-order valence-electron chi connectivity index (χ0n) is 53.0. The largest absolute Gasteiger partial charge is 0.462 e. The third-order valence-electron chi connectivity index (χ3n) is 14.5. The van der Waals surface area contributed by atoms with Crippen LogP contribution in [0.15, 0.2) is 122 Å². The lowest BCUT2D eigenvalue weighted by Crippen LogP contribution is -2.30. The number of rotatable bonds is 61. The first-order valence-corrected chi connectivity index (χ1v) is 34.0. The summed E-state index contributed by atoms with van der Waals surface area (Å²) in [5.41, 5.74) is 0. The molecule has 0 radical (unpaired) electrons. The van der Waals surface area contributed by atoms with Gasteiger partial charge in [0.1, 0.15) is 13.2 Å². The number of carbonyl (C=O) groups is 3. The van der Waals surface area contributed by atoms with Gasteiger partial charge in [-0.05, 0) is 116 Å². The monoisotopic (exact) mass is 1120 g/mol. The Hall–Kier alpha value is -4.19. The summed E-state index contributed by atoms with van der Waals surface area (Å²) in [5, 5.41) is 0. The molecule has 0 aliphatic carbocycles. The highest BCUT2D eigenvalue weighted by Gasteiger charge is 2.19. The summed E-state index contributed by atoms with van der Waals surface area (Å²) < 4.78 is 16.9. The first kappa shape index (κ1) is 76.8. The van der Waals surface area contributed by atoms with Gasteiger partial charge in [0, 0.05) is 12.8 Å². The molecule has 0 N–H and O–H groups in total. The highest BCUT2D eigenvalue weighted by molar-refractivity contribution is 5.72. The number of carbonyl (C=O) groups excluding carboxylic acids is 3. The van der Waals surface area contributed by atoms with Crippen LogP contribution in [0.2, 0.25) is 0 Å². The normalized spacial score (nSPS) is 12.9. The van der Waals surface area contributed by atoms with E-state index in [1.807, 2.05) is 6.08 Å². The molecule has 1 atom stereocenters. The van der Waals surface area contributed by atoms with Crippen LogP contribution in [0.1, 0.15) is 316 Å². The molecule has 0 aromatic carbocycles. The molecule has 0 heterocycles. The number of ether oxygens (including phenoxy) is 3. The van der Waals surface area contributed by atoms with Crippen molar-refractivity contribution in [2.75, 3.05) is 13.2 Å². The number of unbranched alkanes of at least 4 members (excludes halogenated alkanes) is 31. The van der Waals surface area contributed by atoms with E-state index in [0.29, 0.717) is 12.8 Å². The molecule has 0 aromatic rings. The third kappa shape index (κ3) is 66.5. The Morgan fingerprint density at radius 2 is 0.531 bits per heavy atom. The summed E-state index contributed by atoms with van der Waals surface area (Å²) in [6.45, 7) is 6.44. The lowest BCUT2D eigenvalue weighted by Gasteiger charge is -2.18. The maximum Gasteiger partial charge on any atom is 0.309 e. The van der Waals surface area contributed by atoms with E-state index in [0.717, 1.165) is 89.9 Å². The predicted molar refractivity (Wildman–Crippen MR) is 353 cm³/mol. The van der Waals surface area contributed by atoms with Gasteiger partial charge in [-0.2, -0.15) is 0 Å². The smallest absolute Gasteiger partial charge is 0.309 e. The molecule has 0 saturated carbocycles. The van der Waals surface area contributed by atoms with Gasteiger partial charge in [-0.15, -0.1) is 0 Å². The van der Waals surface area contributed by atoms with Crippen molar-refractivity contribution in [3.8, 4) is 0 Å². The van der Waals surface area contributed by atoms with Gasteiger partial charge in [0.15, 0.2) is 6.10 Å². The molecule has 81 heavy (non-hydrogen) atoms. The summed E-state index contributed by atoms with van der Waals surface area (Å²) >= 11 is 0. The van der Waals surface area contributed by atoms with Crippen LogP contribution < -0.4 is 0 Å². The molecule has 6 heteroatoms. The van der Waals surface area contributed by atoms with E-state index in [1.54, 1.807) is 6.08 Å². The molecule has 0 amide bonds. The van der Waals surface area contributed by atoms with Crippen molar-refractivity contribution in [2.45, 2.75) is 322 Å². The highest BCUT2D eigenvalue weighted by Crippen LogP contribution is 2.16. The second-order valence-electron chi connectivity index (χ2n) is 22.4. The first-order valence-electron chi connectivity index (χ1n) is 34.0. The van der Waals surface area contributed by atoms with Crippen molar-refractivity contribution >= 4 is 17.9 Å². The Labute approximate surface area is 501 Å². The van der Waals surface area contributed by atoms with E-state index < -0.39 is 12.1 Å². The summed E-state index contributed by atoms with van der Waals surface area (Å²) in [5.74, 6) is -1.04. The van der Waals surface area contributed by atoms with Crippen molar-refractivity contribution in [1.82, 2.24) is 0 Å². The quantitative estimate of drug-likeness (QED) is 0.0261. The van der Waals surface area contributed by atoms with Crippen molar-refractivity contribution in [3.05, 3.63) is 122 Å². The van der Waals surface area contributed by atoms with Gasteiger partial charge < -0.3 is 14.2 Å². The van der Waals surface area contributed by atoms with Gasteiger partial charge in [0.05, 0.1) is 6.42 Å². The Balaban J connectivity index is 4.41. The van der Waals surface area contributed by atoms with Gasteiger partial charge >= 0.3 is 17.9 Å². The minimum Gasteiger partial charge on any atom is -0.462 e. The SMILES string of the molecule is CC/C=C\C/C=C\C/C=C\C/C=C\C/C=C\CC(=O)OCC(COC(=O)CCCCCCCCCCCC/C=C\C/C=C\C/C=C\CCCCCCC)OC(=O)CCCCCCCCCCCCC/C=C\C/C=C\CCCCCCC. The van der Waals surface area contributed by atoms with Crippen LogP contribution in [-0.2, 0) is 28.6 Å². The maximum absolute atomic E-state index is 12.9. The Bertz CT molecular complexity index is 1670. The molecule has 0 rings (SSSR count). The van der Waals surface area contributed by atoms with E-state index >= 15 is 0 Å². The van der Waals surface area contributed by atoms with E-state index in [-0.39, 0.29) is 31.6 Å². The van der Waals surface area contributed by atoms with Crippen molar-refractivity contribution in [3.63, 3.8) is 0 Å². The maximum atomic E-state index is 12.9. The summed E-state index contributed by atoms with van der Waals surface area (Å²) in [7, 11) is 0. The van der Waals surface area contributed by atoms with E-state index in [4.69, 9.17) is 14.2 Å². The number of hydrogen-bond donors (Lipinski definition) is 0.